The molecule has 0 aliphatic carbocycles. The Balaban J connectivity index is 2.80. The van der Waals surface area contributed by atoms with Crippen molar-refractivity contribution in [3.05, 3.63) is 16.9 Å². The quantitative estimate of drug-likeness (QED) is 0.819. The Bertz CT molecular complexity index is 298. The first-order valence-electron chi connectivity index (χ1n) is 3.72. The summed E-state index contributed by atoms with van der Waals surface area (Å²) in [5, 5.41) is 4.08. The van der Waals surface area contributed by atoms with Crippen molar-refractivity contribution in [1.82, 2.24) is 9.78 Å². The minimum atomic E-state index is -2.93. The summed E-state index contributed by atoms with van der Waals surface area (Å²) in [6.07, 6.45) is 1.34. The molecule has 74 valence electrons. The van der Waals surface area contributed by atoms with Gasteiger partial charge in [0.05, 0.1) is 23.5 Å². The van der Waals surface area contributed by atoms with Crippen molar-refractivity contribution in [3.8, 4) is 0 Å². The third-order valence-electron chi connectivity index (χ3n) is 1.72. The lowest BCUT2D eigenvalue weighted by atomic mass is 10.3. The number of rotatable bonds is 3. The highest BCUT2D eigenvalue weighted by Gasteiger charge is 2.28. The number of aromatic nitrogens is 2. The van der Waals surface area contributed by atoms with Gasteiger partial charge in [0.15, 0.2) is 0 Å². The van der Waals surface area contributed by atoms with Gasteiger partial charge < -0.3 is 5.73 Å². The Morgan fingerprint density at radius 3 is 2.69 bits per heavy atom. The van der Waals surface area contributed by atoms with Gasteiger partial charge in [0.25, 0.3) is 5.92 Å². The van der Waals surface area contributed by atoms with Crippen LogP contribution in [-0.4, -0.2) is 22.2 Å². The zero-order valence-electron chi connectivity index (χ0n) is 7.10. The average molecular weight is 210 g/mol. The van der Waals surface area contributed by atoms with Crippen molar-refractivity contribution < 1.29 is 8.78 Å². The zero-order chi connectivity index (χ0) is 10.1. The van der Waals surface area contributed by atoms with Crippen LogP contribution < -0.4 is 5.73 Å². The topological polar surface area (TPSA) is 43.8 Å². The molecule has 0 aliphatic heterocycles. The van der Waals surface area contributed by atoms with Gasteiger partial charge in [-0.05, 0) is 6.92 Å². The summed E-state index contributed by atoms with van der Waals surface area (Å²) in [5.41, 5.74) is 5.41. The number of hydrogen-bond donors (Lipinski definition) is 1. The molecule has 2 N–H and O–H groups in total. The van der Waals surface area contributed by atoms with Crippen LogP contribution in [0.25, 0.3) is 0 Å². The van der Waals surface area contributed by atoms with Crippen LogP contribution in [0.15, 0.2) is 6.20 Å². The molecule has 0 aromatic carbocycles. The third-order valence-corrected chi connectivity index (χ3v) is 2.09. The molecule has 6 heteroatoms. The van der Waals surface area contributed by atoms with Gasteiger partial charge in [-0.15, -0.1) is 0 Å². The molecule has 0 radical (unpaired) electrons. The van der Waals surface area contributed by atoms with Crippen molar-refractivity contribution >= 4 is 11.6 Å². The molecule has 3 nitrogen and oxygen atoms in total. The maximum atomic E-state index is 12.8. The number of nitrogens with two attached hydrogens (primary N) is 1. The van der Waals surface area contributed by atoms with Gasteiger partial charge in [0, 0.05) is 0 Å². The normalized spacial score (nSPS) is 12.1. The van der Waals surface area contributed by atoms with Gasteiger partial charge in [0.2, 0.25) is 0 Å². The van der Waals surface area contributed by atoms with E-state index in [1.54, 1.807) is 6.92 Å². The molecule has 0 fully saturated rings. The van der Waals surface area contributed by atoms with E-state index in [1.165, 1.54) is 6.20 Å². The summed E-state index contributed by atoms with van der Waals surface area (Å²) >= 11 is 5.64. The fourth-order valence-electron chi connectivity index (χ4n) is 0.867. The van der Waals surface area contributed by atoms with E-state index < -0.39 is 19.0 Å². The van der Waals surface area contributed by atoms with Gasteiger partial charge in [-0.2, -0.15) is 5.10 Å². The third kappa shape index (κ3) is 2.38. The summed E-state index contributed by atoms with van der Waals surface area (Å²) in [5.74, 6) is -2.93. The Labute approximate surface area is 79.5 Å². The standard InChI is InChI=1S/C7H10ClF2N3/c1-5-6(8)2-12-13(5)4-7(9,10)3-11/h2H,3-4,11H2,1H3. The van der Waals surface area contributed by atoms with Gasteiger partial charge in [-0.3, -0.25) is 4.68 Å². The summed E-state index contributed by atoms with van der Waals surface area (Å²) in [4.78, 5) is 0. The smallest absolute Gasteiger partial charge is 0.279 e. The summed E-state index contributed by atoms with van der Waals surface area (Å²) in [6, 6.07) is 0. The van der Waals surface area contributed by atoms with E-state index in [-0.39, 0.29) is 0 Å². The molecule has 1 heterocycles. The molecule has 0 atom stereocenters. The summed E-state index contributed by atoms with van der Waals surface area (Å²) in [6.45, 7) is 0.411. The molecule has 0 unspecified atom stereocenters. The molecule has 1 aromatic rings. The second-order valence-electron chi connectivity index (χ2n) is 2.80. The van der Waals surface area contributed by atoms with Crippen LogP contribution in [0.3, 0.4) is 0 Å². The first-order chi connectivity index (χ1) is 5.96. The first-order valence-corrected chi connectivity index (χ1v) is 4.10. The first kappa shape index (κ1) is 10.4. The highest BCUT2D eigenvalue weighted by Crippen LogP contribution is 2.19. The maximum Gasteiger partial charge on any atom is 0.279 e. The lowest BCUT2D eigenvalue weighted by Gasteiger charge is -2.14. The second kappa shape index (κ2) is 3.59. The van der Waals surface area contributed by atoms with Crippen molar-refractivity contribution in [2.24, 2.45) is 5.73 Å². The molecule has 1 aromatic heterocycles. The molecule has 0 spiro atoms. The SMILES string of the molecule is Cc1c(Cl)cnn1CC(F)(F)CN. The second-order valence-corrected chi connectivity index (χ2v) is 3.20. The van der Waals surface area contributed by atoms with Crippen LogP contribution in [0.1, 0.15) is 5.69 Å². The van der Waals surface area contributed by atoms with E-state index in [1.807, 2.05) is 0 Å². The Hall–Kier alpha value is -0.680. The Kier molecular flexibility index (Phi) is 2.87. The molecule has 0 amide bonds. The van der Waals surface area contributed by atoms with Gasteiger partial charge in [-0.1, -0.05) is 11.6 Å². The summed E-state index contributed by atoms with van der Waals surface area (Å²) < 4.78 is 26.7. The summed E-state index contributed by atoms with van der Waals surface area (Å²) in [7, 11) is 0. The van der Waals surface area contributed by atoms with E-state index in [9.17, 15) is 8.78 Å². The number of hydrogen-bond acceptors (Lipinski definition) is 2. The lowest BCUT2D eigenvalue weighted by molar-refractivity contribution is -0.0103. The molecule has 13 heavy (non-hydrogen) atoms. The average Bonchev–Trinajstić information content (AvgIpc) is 2.36. The van der Waals surface area contributed by atoms with Crippen LogP contribution in [0.5, 0.6) is 0 Å². The van der Waals surface area contributed by atoms with Crippen LogP contribution in [0.2, 0.25) is 5.02 Å². The maximum absolute atomic E-state index is 12.8. The van der Waals surface area contributed by atoms with Gasteiger partial charge in [0.1, 0.15) is 6.54 Å². The minimum Gasteiger partial charge on any atom is -0.325 e. The van der Waals surface area contributed by atoms with Crippen LogP contribution >= 0.6 is 11.6 Å². The highest BCUT2D eigenvalue weighted by atomic mass is 35.5. The molecule has 0 saturated carbocycles. The van der Waals surface area contributed by atoms with E-state index in [0.29, 0.717) is 10.7 Å². The number of halogens is 3. The van der Waals surface area contributed by atoms with E-state index >= 15 is 0 Å². The van der Waals surface area contributed by atoms with Crippen LogP contribution in [-0.2, 0) is 6.54 Å². The van der Waals surface area contributed by atoms with Crippen molar-refractivity contribution in [1.29, 1.82) is 0 Å². The fraction of sp³-hybridized carbons (Fsp3) is 0.571. The van der Waals surface area contributed by atoms with E-state index in [4.69, 9.17) is 17.3 Å². The van der Waals surface area contributed by atoms with Crippen molar-refractivity contribution in [2.45, 2.75) is 19.4 Å². The lowest BCUT2D eigenvalue weighted by Crippen LogP contribution is -2.33. The van der Waals surface area contributed by atoms with E-state index in [2.05, 4.69) is 5.10 Å². The molecular formula is C7H10ClF2N3. The minimum absolute atomic E-state index is 0.382. The molecule has 0 saturated heterocycles. The molecule has 1 rings (SSSR count). The molecule has 0 aliphatic rings. The largest absolute Gasteiger partial charge is 0.325 e. The highest BCUT2D eigenvalue weighted by molar-refractivity contribution is 6.31. The van der Waals surface area contributed by atoms with Crippen molar-refractivity contribution in [2.75, 3.05) is 6.54 Å². The van der Waals surface area contributed by atoms with Gasteiger partial charge in [-0.25, -0.2) is 8.78 Å². The predicted molar refractivity (Wildman–Crippen MR) is 46.0 cm³/mol. The van der Waals surface area contributed by atoms with Gasteiger partial charge >= 0.3 is 0 Å². The molecule has 0 bridgehead atoms. The molecular weight excluding hydrogens is 200 g/mol. The number of nitrogens with zero attached hydrogens (tertiary/aromatic N) is 2. The fourth-order valence-corrected chi connectivity index (χ4v) is 1.01. The predicted octanol–water partition coefficient (Wildman–Crippen LogP) is 1.44. The van der Waals surface area contributed by atoms with Crippen molar-refractivity contribution in [3.63, 3.8) is 0 Å². The van der Waals surface area contributed by atoms with E-state index in [0.717, 1.165) is 4.68 Å². The monoisotopic (exact) mass is 209 g/mol. The number of alkyl halides is 2. The Morgan fingerprint density at radius 1 is 1.69 bits per heavy atom. The van der Waals surface area contributed by atoms with Crippen LogP contribution in [0.4, 0.5) is 8.78 Å². The van der Waals surface area contributed by atoms with Crippen LogP contribution in [0, 0.1) is 6.92 Å². The zero-order valence-corrected chi connectivity index (χ0v) is 7.85. The Morgan fingerprint density at radius 2 is 2.31 bits per heavy atom.